The van der Waals surface area contributed by atoms with Gasteiger partial charge in [-0.25, -0.2) is 9.97 Å². The van der Waals surface area contributed by atoms with E-state index >= 15 is 0 Å². The number of pyridine rings is 1. The third-order valence-corrected chi connectivity index (χ3v) is 3.65. The van der Waals surface area contributed by atoms with Crippen LogP contribution in [0.5, 0.6) is 5.88 Å². The molecule has 3 rings (SSSR count). The Morgan fingerprint density at radius 3 is 2.88 bits per heavy atom. The Balaban J connectivity index is 1.94. The zero-order valence-corrected chi connectivity index (χ0v) is 13.6. The third kappa shape index (κ3) is 3.40. The molecule has 7 heteroatoms. The number of hydrogen-bond acceptors (Lipinski definition) is 5. The van der Waals surface area contributed by atoms with Crippen molar-refractivity contribution in [1.82, 2.24) is 24.7 Å². The summed E-state index contributed by atoms with van der Waals surface area (Å²) in [6.07, 6.45) is 5.36. The van der Waals surface area contributed by atoms with Gasteiger partial charge in [0, 0.05) is 18.5 Å². The Hall–Kier alpha value is -2.83. The predicted octanol–water partition coefficient (Wildman–Crippen LogP) is 2.88. The molecule has 0 spiro atoms. The maximum atomic E-state index is 13.4. The summed E-state index contributed by atoms with van der Waals surface area (Å²) in [7, 11) is 1.57. The first-order valence-electron chi connectivity index (χ1n) is 7.74. The van der Waals surface area contributed by atoms with Crippen LogP contribution in [-0.2, 0) is 13.0 Å². The van der Waals surface area contributed by atoms with E-state index in [9.17, 15) is 4.39 Å². The van der Waals surface area contributed by atoms with Gasteiger partial charge in [-0.05, 0) is 24.1 Å². The molecule has 0 aliphatic carbocycles. The van der Waals surface area contributed by atoms with Crippen LogP contribution in [0.15, 0.2) is 36.7 Å². The lowest BCUT2D eigenvalue weighted by atomic mass is 10.1. The van der Waals surface area contributed by atoms with E-state index in [-0.39, 0.29) is 0 Å². The Labute approximate surface area is 139 Å². The molecule has 0 saturated carbocycles. The highest BCUT2D eigenvalue weighted by Crippen LogP contribution is 2.19. The molecule has 0 N–H and O–H groups in total. The van der Waals surface area contributed by atoms with Crippen LogP contribution < -0.4 is 4.74 Å². The molecule has 0 fully saturated rings. The van der Waals surface area contributed by atoms with E-state index in [0.29, 0.717) is 23.9 Å². The van der Waals surface area contributed by atoms with E-state index in [1.54, 1.807) is 25.4 Å². The lowest BCUT2D eigenvalue weighted by Gasteiger charge is -2.11. The number of hydrogen-bond donors (Lipinski definition) is 0. The molecule has 3 heterocycles. The van der Waals surface area contributed by atoms with Crippen LogP contribution in [0, 0.1) is 5.95 Å². The average Bonchev–Trinajstić information content (AvgIpc) is 3.05. The highest BCUT2D eigenvalue weighted by atomic mass is 19.1. The van der Waals surface area contributed by atoms with Crippen molar-refractivity contribution < 1.29 is 9.13 Å². The van der Waals surface area contributed by atoms with Crippen molar-refractivity contribution in [3.05, 3.63) is 53.9 Å². The molecule has 0 radical (unpaired) electrons. The van der Waals surface area contributed by atoms with Crippen LogP contribution in [0.4, 0.5) is 4.39 Å². The molecular formula is C17H18FN5O. The van der Waals surface area contributed by atoms with Gasteiger partial charge in [-0.3, -0.25) is 0 Å². The van der Waals surface area contributed by atoms with Crippen LogP contribution in [0.2, 0.25) is 0 Å². The second-order valence-electron chi connectivity index (χ2n) is 5.33. The van der Waals surface area contributed by atoms with Crippen molar-refractivity contribution in [3.8, 4) is 17.4 Å². The second-order valence-corrected chi connectivity index (χ2v) is 5.33. The molecule has 3 aromatic rings. The normalized spacial score (nSPS) is 10.8. The molecule has 0 aliphatic heterocycles. The molecule has 24 heavy (non-hydrogen) atoms. The number of rotatable bonds is 6. The van der Waals surface area contributed by atoms with Gasteiger partial charge in [0.05, 0.1) is 19.3 Å². The number of imidazole rings is 1. The van der Waals surface area contributed by atoms with Crippen molar-refractivity contribution in [2.45, 2.75) is 26.3 Å². The zero-order chi connectivity index (χ0) is 16.9. The molecule has 124 valence electrons. The third-order valence-electron chi connectivity index (χ3n) is 3.65. The van der Waals surface area contributed by atoms with E-state index in [1.807, 2.05) is 16.8 Å². The fourth-order valence-corrected chi connectivity index (χ4v) is 2.52. The van der Waals surface area contributed by atoms with E-state index in [0.717, 1.165) is 24.1 Å². The summed E-state index contributed by atoms with van der Waals surface area (Å²) in [5, 5.41) is 8.33. The van der Waals surface area contributed by atoms with Gasteiger partial charge >= 0.3 is 0 Å². The summed E-state index contributed by atoms with van der Waals surface area (Å²) in [4.78, 5) is 8.19. The van der Waals surface area contributed by atoms with E-state index < -0.39 is 5.95 Å². The van der Waals surface area contributed by atoms with E-state index in [1.165, 1.54) is 6.07 Å². The minimum Gasteiger partial charge on any atom is -0.480 e. The summed E-state index contributed by atoms with van der Waals surface area (Å²) in [5.41, 5.74) is 2.41. The van der Waals surface area contributed by atoms with Gasteiger partial charge in [-0.1, -0.05) is 19.4 Å². The van der Waals surface area contributed by atoms with Crippen molar-refractivity contribution in [1.29, 1.82) is 0 Å². The summed E-state index contributed by atoms with van der Waals surface area (Å²) in [6, 6.07) is 6.56. The number of halogens is 1. The molecule has 0 aliphatic rings. The van der Waals surface area contributed by atoms with E-state index in [4.69, 9.17) is 4.74 Å². The Bertz CT molecular complexity index is 833. The largest absolute Gasteiger partial charge is 0.480 e. The van der Waals surface area contributed by atoms with Crippen molar-refractivity contribution in [2.24, 2.45) is 0 Å². The van der Waals surface area contributed by atoms with Crippen molar-refractivity contribution in [3.63, 3.8) is 0 Å². The van der Waals surface area contributed by atoms with Crippen LogP contribution in [0.3, 0.4) is 0 Å². The highest BCUT2D eigenvalue weighted by Gasteiger charge is 2.13. The van der Waals surface area contributed by atoms with Gasteiger partial charge in [-0.15, -0.1) is 10.2 Å². The Morgan fingerprint density at radius 1 is 1.25 bits per heavy atom. The molecule has 0 saturated heterocycles. The monoisotopic (exact) mass is 327 g/mol. The number of nitrogens with zero attached hydrogens (tertiary/aromatic N) is 5. The second kappa shape index (κ2) is 7.16. The molecule has 0 unspecified atom stereocenters. The van der Waals surface area contributed by atoms with Gasteiger partial charge in [-0.2, -0.15) is 4.39 Å². The fourth-order valence-electron chi connectivity index (χ4n) is 2.52. The van der Waals surface area contributed by atoms with Crippen molar-refractivity contribution >= 4 is 0 Å². The molecule has 3 aromatic heterocycles. The van der Waals surface area contributed by atoms with Crippen LogP contribution >= 0.6 is 0 Å². The molecule has 6 nitrogen and oxygen atoms in total. The summed E-state index contributed by atoms with van der Waals surface area (Å²) >= 11 is 0. The lowest BCUT2D eigenvalue weighted by Crippen LogP contribution is -2.09. The molecule has 0 bridgehead atoms. The average molecular weight is 327 g/mol. The zero-order valence-electron chi connectivity index (χ0n) is 13.6. The lowest BCUT2D eigenvalue weighted by molar-refractivity contribution is 0.390. The number of aromatic nitrogens is 5. The first kappa shape index (κ1) is 16.0. The summed E-state index contributed by atoms with van der Waals surface area (Å²) in [6.45, 7) is 2.59. The maximum absolute atomic E-state index is 13.4. The molecule has 0 aromatic carbocycles. The molecule has 0 amide bonds. The van der Waals surface area contributed by atoms with Crippen LogP contribution in [0.25, 0.3) is 11.5 Å². The number of aryl methyl sites for hydroxylation is 1. The topological polar surface area (TPSA) is 65.7 Å². The van der Waals surface area contributed by atoms with Crippen molar-refractivity contribution in [2.75, 3.05) is 7.11 Å². The van der Waals surface area contributed by atoms with Crippen LogP contribution in [-0.4, -0.2) is 31.8 Å². The highest BCUT2D eigenvalue weighted by molar-refractivity contribution is 5.49. The van der Waals surface area contributed by atoms with Gasteiger partial charge in [0.2, 0.25) is 11.8 Å². The minimum absolute atomic E-state index is 0.485. The smallest absolute Gasteiger partial charge is 0.233 e. The van der Waals surface area contributed by atoms with Gasteiger partial charge in [0.25, 0.3) is 0 Å². The van der Waals surface area contributed by atoms with Gasteiger partial charge < -0.3 is 9.30 Å². The van der Waals surface area contributed by atoms with Gasteiger partial charge in [0.1, 0.15) is 5.69 Å². The fraction of sp³-hybridized carbons (Fsp3) is 0.294. The first-order valence-corrected chi connectivity index (χ1v) is 7.74. The van der Waals surface area contributed by atoms with Gasteiger partial charge in [0.15, 0.2) is 5.82 Å². The van der Waals surface area contributed by atoms with E-state index in [2.05, 4.69) is 27.1 Å². The number of ether oxygens (including phenoxy) is 1. The molecule has 0 atom stereocenters. The SMILES string of the molecule is CCCc1cc(OC)nnc1Cn1ccnc1-c1cccc(F)n1. The standard InChI is InChI=1S/C17H18FN5O/c1-3-5-12-10-16(24-2)22-21-14(12)11-23-9-8-19-17(23)13-6-4-7-15(18)20-13/h4,6-10H,3,5,11H2,1-2H3. The quantitative estimate of drug-likeness (QED) is 0.651. The maximum Gasteiger partial charge on any atom is 0.233 e. The van der Waals surface area contributed by atoms with Crippen LogP contribution in [0.1, 0.15) is 24.6 Å². The number of methoxy groups -OCH3 is 1. The Morgan fingerprint density at radius 2 is 2.12 bits per heavy atom. The first-order chi connectivity index (χ1) is 11.7. The minimum atomic E-state index is -0.530. The summed E-state index contributed by atoms with van der Waals surface area (Å²) in [5.74, 6) is 0.562. The Kier molecular flexibility index (Phi) is 4.79. The summed E-state index contributed by atoms with van der Waals surface area (Å²) < 4.78 is 20.4. The predicted molar refractivity (Wildman–Crippen MR) is 87.1 cm³/mol. The molecular weight excluding hydrogens is 309 g/mol.